The molecule has 2 saturated heterocycles. The average Bonchev–Trinajstić information content (AvgIpc) is 3.03. The molecular weight excluding hydrogens is 352 g/mol. The van der Waals surface area contributed by atoms with Gasteiger partial charge in [0.1, 0.15) is 5.82 Å². The van der Waals surface area contributed by atoms with Crippen LogP contribution in [-0.2, 0) is 7.05 Å². The predicted octanol–water partition coefficient (Wildman–Crippen LogP) is 0.679. The van der Waals surface area contributed by atoms with Crippen molar-refractivity contribution >= 4 is 35.2 Å². The molecular formula is C17H29ClN8. The van der Waals surface area contributed by atoms with Crippen molar-refractivity contribution in [2.24, 2.45) is 7.05 Å². The molecule has 0 amide bonds. The normalized spacial score (nSPS) is 19.8. The molecule has 2 fully saturated rings. The van der Waals surface area contributed by atoms with Gasteiger partial charge in [0.25, 0.3) is 0 Å². The Morgan fingerprint density at radius 2 is 1.54 bits per heavy atom. The summed E-state index contributed by atoms with van der Waals surface area (Å²) in [6, 6.07) is 0. The van der Waals surface area contributed by atoms with Crippen molar-refractivity contribution in [3.05, 3.63) is 6.20 Å². The molecule has 2 aromatic rings. The molecule has 0 saturated carbocycles. The zero-order valence-corrected chi connectivity index (χ0v) is 16.7. The van der Waals surface area contributed by atoms with Crippen LogP contribution in [0, 0.1) is 0 Å². The van der Waals surface area contributed by atoms with Crippen molar-refractivity contribution in [1.29, 1.82) is 0 Å². The summed E-state index contributed by atoms with van der Waals surface area (Å²) in [7, 11) is 4.14. The molecule has 0 spiro atoms. The Morgan fingerprint density at radius 1 is 0.885 bits per heavy atom. The summed E-state index contributed by atoms with van der Waals surface area (Å²) in [6.45, 7) is 11.6. The summed E-state index contributed by atoms with van der Waals surface area (Å²) in [5.41, 5.74) is 0.928. The molecule has 4 rings (SSSR count). The molecule has 26 heavy (non-hydrogen) atoms. The number of anilines is 2. The van der Waals surface area contributed by atoms with Crippen LogP contribution in [0.2, 0.25) is 0 Å². The highest BCUT2D eigenvalue weighted by molar-refractivity contribution is 5.88. The van der Waals surface area contributed by atoms with Gasteiger partial charge in [-0.3, -0.25) is 4.68 Å². The summed E-state index contributed by atoms with van der Waals surface area (Å²) in [4.78, 5) is 19.4. The fourth-order valence-corrected chi connectivity index (χ4v) is 3.66. The highest BCUT2D eigenvalue weighted by atomic mass is 35.5. The van der Waals surface area contributed by atoms with Gasteiger partial charge < -0.3 is 19.6 Å². The lowest BCUT2D eigenvalue weighted by atomic mass is 10.3. The molecule has 0 bridgehead atoms. The standard InChI is InChI=1S/C17H28N8.ClH/c1-4-23-7-11-25(12-8-23)17-19-15-14(13-18-22(15)3)16(20-17)24-9-5-21(2)6-10-24;/h13H,4-12H2,1-3H3;1H. The number of nitrogens with zero attached hydrogens (tertiary/aromatic N) is 8. The minimum absolute atomic E-state index is 0. The minimum atomic E-state index is 0. The van der Waals surface area contributed by atoms with Crippen molar-refractivity contribution in [3.63, 3.8) is 0 Å². The SMILES string of the molecule is CCN1CCN(c2nc(N3CCN(C)CC3)c3cnn(C)c3n2)CC1.Cl. The Balaban J connectivity index is 0.00000196. The quantitative estimate of drug-likeness (QED) is 0.776. The second-order valence-electron chi connectivity index (χ2n) is 7.06. The lowest BCUT2D eigenvalue weighted by Gasteiger charge is -2.36. The summed E-state index contributed by atoms with van der Waals surface area (Å²) in [5, 5.41) is 5.49. The first-order valence-electron chi connectivity index (χ1n) is 9.26. The summed E-state index contributed by atoms with van der Waals surface area (Å²) in [5.74, 6) is 1.89. The lowest BCUT2D eigenvalue weighted by molar-refractivity contribution is 0.270. The Morgan fingerprint density at radius 3 is 2.19 bits per heavy atom. The van der Waals surface area contributed by atoms with E-state index in [9.17, 15) is 0 Å². The molecule has 8 nitrogen and oxygen atoms in total. The molecule has 2 aromatic heterocycles. The van der Waals surface area contributed by atoms with Crippen molar-refractivity contribution in [3.8, 4) is 0 Å². The van der Waals surface area contributed by atoms with Crippen LogP contribution in [0.25, 0.3) is 11.0 Å². The minimum Gasteiger partial charge on any atom is -0.353 e. The van der Waals surface area contributed by atoms with E-state index >= 15 is 0 Å². The second-order valence-corrected chi connectivity index (χ2v) is 7.06. The number of hydrogen-bond donors (Lipinski definition) is 0. The van der Waals surface area contributed by atoms with Crippen LogP contribution < -0.4 is 9.80 Å². The van der Waals surface area contributed by atoms with E-state index in [4.69, 9.17) is 9.97 Å². The van der Waals surface area contributed by atoms with Crippen LogP contribution in [0.1, 0.15) is 6.92 Å². The van der Waals surface area contributed by atoms with E-state index in [-0.39, 0.29) is 12.4 Å². The average molecular weight is 381 g/mol. The first-order chi connectivity index (χ1) is 12.2. The number of hydrogen-bond acceptors (Lipinski definition) is 7. The number of aromatic nitrogens is 4. The van der Waals surface area contributed by atoms with Crippen molar-refractivity contribution in [2.75, 3.05) is 75.8 Å². The molecule has 0 aliphatic carbocycles. The van der Waals surface area contributed by atoms with E-state index in [2.05, 4.69) is 38.7 Å². The third kappa shape index (κ3) is 3.58. The van der Waals surface area contributed by atoms with Gasteiger partial charge in [0.05, 0.1) is 11.6 Å². The molecule has 0 radical (unpaired) electrons. The van der Waals surface area contributed by atoms with Crippen molar-refractivity contribution in [1.82, 2.24) is 29.5 Å². The number of aryl methyl sites for hydroxylation is 1. The van der Waals surface area contributed by atoms with E-state index < -0.39 is 0 Å². The first kappa shape index (κ1) is 19.1. The van der Waals surface area contributed by atoms with Gasteiger partial charge in [-0.1, -0.05) is 6.92 Å². The molecule has 2 aliphatic heterocycles. The maximum Gasteiger partial charge on any atom is 0.229 e. The fraction of sp³-hybridized carbons (Fsp3) is 0.706. The van der Waals surface area contributed by atoms with Gasteiger partial charge in [-0.25, -0.2) is 0 Å². The molecule has 0 aromatic carbocycles. The first-order valence-corrected chi connectivity index (χ1v) is 9.26. The van der Waals surface area contributed by atoms with Gasteiger partial charge in [-0.05, 0) is 13.6 Å². The molecule has 144 valence electrons. The van der Waals surface area contributed by atoms with E-state index in [0.717, 1.165) is 81.7 Å². The Labute approximate surface area is 161 Å². The molecule has 0 N–H and O–H groups in total. The highest BCUT2D eigenvalue weighted by Gasteiger charge is 2.24. The van der Waals surface area contributed by atoms with E-state index in [1.807, 2.05) is 17.9 Å². The number of rotatable bonds is 3. The van der Waals surface area contributed by atoms with Gasteiger partial charge in [-0.2, -0.15) is 15.1 Å². The van der Waals surface area contributed by atoms with Crippen LogP contribution in [-0.4, -0.2) is 95.5 Å². The fourth-order valence-electron chi connectivity index (χ4n) is 3.66. The van der Waals surface area contributed by atoms with Crippen LogP contribution in [0.3, 0.4) is 0 Å². The maximum atomic E-state index is 4.99. The van der Waals surface area contributed by atoms with Gasteiger partial charge in [0.15, 0.2) is 5.65 Å². The predicted molar refractivity (Wildman–Crippen MR) is 108 cm³/mol. The molecule has 0 atom stereocenters. The van der Waals surface area contributed by atoms with E-state index in [0.29, 0.717) is 0 Å². The highest BCUT2D eigenvalue weighted by Crippen LogP contribution is 2.27. The summed E-state index contributed by atoms with van der Waals surface area (Å²) < 4.78 is 1.86. The van der Waals surface area contributed by atoms with E-state index in [1.54, 1.807) is 0 Å². The van der Waals surface area contributed by atoms with Crippen LogP contribution in [0.5, 0.6) is 0 Å². The van der Waals surface area contributed by atoms with Crippen LogP contribution in [0.4, 0.5) is 11.8 Å². The van der Waals surface area contributed by atoms with Crippen molar-refractivity contribution < 1.29 is 0 Å². The van der Waals surface area contributed by atoms with E-state index in [1.165, 1.54) is 0 Å². The van der Waals surface area contributed by atoms with Gasteiger partial charge in [0, 0.05) is 59.4 Å². The van der Waals surface area contributed by atoms with Gasteiger partial charge >= 0.3 is 0 Å². The molecule has 9 heteroatoms. The zero-order valence-electron chi connectivity index (χ0n) is 15.9. The van der Waals surface area contributed by atoms with Gasteiger partial charge in [0.2, 0.25) is 5.95 Å². The molecule has 0 unspecified atom stereocenters. The third-order valence-corrected chi connectivity index (χ3v) is 5.47. The smallest absolute Gasteiger partial charge is 0.229 e. The second kappa shape index (κ2) is 7.94. The number of halogens is 1. The Bertz CT molecular complexity index is 732. The van der Waals surface area contributed by atoms with Crippen LogP contribution in [0.15, 0.2) is 6.20 Å². The summed E-state index contributed by atoms with van der Waals surface area (Å²) in [6.07, 6.45) is 1.90. The van der Waals surface area contributed by atoms with Gasteiger partial charge in [-0.15, -0.1) is 12.4 Å². The lowest BCUT2D eigenvalue weighted by Crippen LogP contribution is -2.47. The maximum absolute atomic E-state index is 4.99. The third-order valence-electron chi connectivity index (χ3n) is 5.47. The Kier molecular flexibility index (Phi) is 5.84. The number of likely N-dealkylation sites (N-methyl/N-ethyl adjacent to an activating group) is 2. The summed E-state index contributed by atoms with van der Waals surface area (Å²) >= 11 is 0. The monoisotopic (exact) mass is 380 g/mol. The number of fused-ring (bicyclic) bond motifs is 1. The van der Waals surface area contributed by atoms with Crippen molar-refractivity contribution in [2.45, 2.75) is 6.92 Å². The topological polar surface area (TPSA) is 56.6 Å². The Hall–Kier alpha value is -1.64. The molecule has 4 heterocycles. The molecule has 2 aliphatic rings. The number of piperazine rings is 2. The largest absolute Gasteiger partial charge is 0.353 e. The zero-order chi connectivity index (χ0) is 17.4. The van der Waals surface area contributed by atoms with Crippen LogP contribution >= 0.6 is 12.4 Å².